The van der Waals surface area contributed by atoms with Crippen LogP contribution in [-0.2, 0) is 9.59 Å². The summed E-state index contributed by atoms with van der Waals surface area (Å²) >= 11 is 0. The second kappa shape index (κ2) is 7.23. The maximum Gasteiger partial charge on any atom is 0.242 e. The zero-order chi connectivity index (χ0) is 11.8. The second-order valence-corrected chi connectivity index (χ2v) is 3.79. The summed E-state index contributed by atoms with van der Waals surface area (Å²) in [6, 6.07) is -0.499. The molecule has 1 unspecified atom stereocenters. The molecule has 88 valence electrons. The predicted octanol–water partition coefficient (Wildman–Crippen LogP) is -0.354. The van der Waals surface area contributed by atoms with Crippen LogP contribution in [0.15, 0.2) is 0 Å². The van der Waals surface area contributed by atoms with Gasteiger partial charge in [0.1, 0.15) is 6.04 Å². The molecule has 0 aliphatic carbocycles. The lowest BCUT2D eigenvalue weighted by molar-refractivity contribution is -0.129. The number of nitrogens with one attached hydrogen (secondary N) is 2. The standard InChI is InChI=1S/C10H20N2O3/c1-7(2)9(12-8(3)14)10(15)11-5-4-6-13/h7,9,13H,4-6H2,1-3H3,(H,11,15)(H,12,14). The number of amides is 2. The van der Waals surface area contributed by atoms with Crippen LogP contribution in [0.5, 0.6) is 0 Å². The molecular formula is C10H20N2O3. The third kappa shape index (κ3) is 6.06. The first-order valence-corrected chi connectivity index (χ1v) is 5.14. The van der Waals surface area contributed by atoms with Gasteiger partial charge in [-0.3, -0.25) is 9.59 Å². The maximum atomic E-state index is 11.6. The molecule has 0 radical (unpaired) electrons. The number of carbonyl (C=O) groups excluding carboxylic acids is 2. The lowest BCUT2D eigenvalue weighted by Gasteiger charge is -2.20. The van der Waals surface area contributed by atoms with Crippen molar-refractivity contribution in [3.05, 3.63) is 0 Å². The third-order valence-electron chi connectivity index (χ3n) is 1.94. The molecule has 0 bridgehead atoms. The highest BCUT2D eigenvalue weighted by Crippen LogP contribution is 2.01. The minimum Gasteiger partial charge on any atom is -0.396 e. The highest BCUT2D eigenvalue weighted by Gasteiger charge is 2.22. The van der Waals surface area contributed by atoms with Crippen molar-refractivity contribution < 1.29 is 14.7 Å². The fourth-order valence-electron chi connectivity index (χ4n) is 1.15. The lowest BCUT2D eigenvalue weighted by atomic mass is 10.0. The Balaban J connectivity index is 4.11. The van der Waals surface area contributed by atoms with Crippen molar-refractivity contribution in [2.24, 2.45) is 5.92 Å². The topological polar surface area (TPSA) is 78.4 Å². The number of hydrogen-bond donors (Lipinski definition) is 3. The first-order chi connectivity index (χ1) is 6.99. The van der Waals surface area contributed by atoms with Gasteiger partial charge in [0.2, 0.25) is 11.8 Å². The van der Waals surface area contributed by atoms with Gasteiger partial charge >= 0.3 is 0 Å². The molecule has 0 aliphatic heterocycles. The van der Waals surface area contributed by atoms with Crippen LogP contribution in [0.1, 0.15) is 27.2 Å². The van der Waals surface area contributed by atoms with Gasteiger partial charge in [0.15, 0.2) is 0 Å². The highest BCUT2D eigenvalue weighted by atomic mass is 16.3. The smallest absolute Gasteiger partial charge is 0.242 e. The molecule has 0 saturated heterocycles. The molecule has 0 aliphatic rings. The predicted molar refractivity (Wildman–Crippen MR) is 57.2 cm³/mol. The Morgan fingerprint density at radius 2 is 1.93 bits per heavy atom. The molecule has 0 aromatic rings. The van der Waals surface area contributed by atoms with Crippen molar-refractivity contribution in [2.45, 2.75) is 33.2 Å². The average Bonchev–Trinajstić information content (AvgIpc) is 2.13. The van der Waals surface area contributed by atoms with Gasteiger partial charge in [0.05, 0.1) is 0 Å². The van der Waals surface area contributed by atoms with Crippen molar-refractivity contribution in [2.75, 3.05) is 13.2 Å². The molecule has 15 heavy (non-hydrogen) atoms. The molecule has 0 heterocycles. The van der Waals surface area contributed by atoms with E-state index in [9.17, 15) is 9.59 Å². The van der Waals surface area contributed by atoms with Gasteiger partial charge < -0.3 is 15.7 Å². The molecule has 3 N–H and O–H groups in total. The summed E-state index contributed by atoms with van der Waals surface area (Å²) in [5.41, 5.74) is 0. The zero-order valence-corrected chi connectivity index (χ0v) is 9.54. The van der Waals surface area contributed by atoms with Gasteiger partial charge in [0, 0.05) is 20.1 Å². The normalized spacial score (nSPS) is 12.3. The van der Waals surface area contributed by atoms with Gasteiger partial charge in [-0.05, 0) is 12.3 Å². The van der Waals surface area contributed by atoms with E-state index in [0.717, 1.165) is 0 Å². The summed E-state index contributed by atoms with van der Waals surface area (Å²) in [7, 11) is 0. The Hall–Kier alpha value is -1.10. The molecule has 5 nitrogen and oxygen atoms in total. The molecule has 0 rings (SSSR count). The van der Waals surface area contributed by atoms with Crippen molar-refractivity contribution in [3.63, 3.8) is 0 Å². The summed E-state index contributed by atoms with van der Waals surface area (Å²) in [6.45, 7) is 5.60. The summed E-state index contributed by atoms with van der Waals surface area (Å²) in [4.78, 5) is 22.4. The van der Waals surface area contributed by atoms with Crippen LogP contribution in [0.3, 0.4) is 0 Å². The molecule has 0 saturated carbocycles. The fraction of sp³-hybridized carbons (Fsp3) is 0.800. The van der Waals surface area contributed by atoms with Crippen LogP contribution >= 0.6 is 0 Å². The summed E-state index contributed by atoms with van der Waals surface area (Å²) in [5.74, 6) is -0.373. The molecule has 0 aromatic heterocycles. The molecule has 2 amide bonds. The number of hydrogen-bond acceptors (Lipinski definition) is 3. The quantitative estimate of drug-likeness (QED) is 0.531. The van der Waals surface area contributed by atoms with E-state index < -0.39 is 6.04 Å². The fourth-order valence-corrected chi connectivity index (χ4v) is 1.15. The number of carbonyl (C=O) groups is 2. The summed E-state index contributed by atoms with van der Waals surface area (Å²) in [6.07, 6.45) is 0.524. The van der Waals surface area contributed by atoms with Crippen LogP contribution in [0.4, 0.5) is 0 Å². The van der Waals surface area contributed by atoms with Crippen LogP contribution in [0.25, 0.3) is 0 Å². The van der Waals surface area contributed by atoms with Crippen molar-refractivity contribution in [3.8, 4) is 0 Å². The van der Waals surface area contributed by atoms with Gasteiger partial charge in [-0.25, -0.2) is 0 Å². The molecule has 0 aromatic carbocycles. The molecular weight excluding hydrogens is 196 g/mol. The van der Waals surface area contributed by atoms with Crippen LogP contribution in [0, 0.1) is 5.92 Å². The van der Waals surface area contributed by atoms with Crippen LogP contribution < -0.4 is 10.6 Å². The van der Waals surface area contributed by atoms with Crippen LogP contribution in [0.2, 0.25) is 0 Å². The minimum atomic E-state index is -0.499. The van der Waals surface area contributed by atoms with E-state index in [-0.39, 0.29) is 24.3 Å². The maximum absolute atomic E-state index is 11.6. The van der Waals surface area contributed by atoms with Gasteiger partial charge in [0.25, 0.3) is 0 Å². The Bertz CT molecular complexity index is 217. The molecule has 1 atom stereocenters. The first kappa shape index (κ1) is 13.9. The zero-order valence-electron chi connectivity index (χ0n) is 9.54. The molecule has 0 spiro atoms. The van der Waals surface area contributed by atoms with Crippen molar-refractivity contribution in [1.29, 1.82) is 0 Å². The monoisotopic (exact) mass is 216 g/mol. The van der Waals surface area contributed by atoms with Gasteiger partial charge in [-0.1, -0.05) is 13.8 Å². The molecule has 0 fully saturated rings. The van der Waals surface area contributed by atoms with E-state index >= 15 is 0 Å². The largest absolute Gasteiger partial charge is 0.396 e. The highest BCUT2D eigenvalue weighted by molar-refractivity contribution is 5.86. The van der Waals surface area contributed by atoms with E-state index in [4.69, 9.17) is 5.11 Å². The van der Waals surface area contributed by atoms with Crippen molar-refractivity contribution in [1.82, 2.24) is 10.6 Å². The Labute approximate surface area is 90.2 Å². The van der Waals surface area contributed by atoms with Crippen LogP contribution in [-0.4, -0.2) is 36.1 Å². The van der Waals surface area contributed by atoms with E-state index in [1.54, 1.807) is 0 Å². The van der Waals surface area contributed by atoms with E-state index in [2.05, 4.69) is 10.6 Å². The average molecular weight is 216 g/mol. The SMILES string of the molecule is CC(=O)NC(C(=O)NCCCO)C(C)C. The Morgan fingerprint density at radius 1 is 1.33 bits per heavy atom. The first-order valence-electron chi connectivity index (χ1n) is 5.14. The lowest BCUT2D eigenvalue weighted by Crippen LogP contribution is -2.49. The van der Waals surface area contributed by atoms with Crippen molar-refractivity contribution >= 4 is 11.8 Å². The number of rotatable bonds is 6. The summed E-state index contributed by atoms with van der Waals surface area (Å²) < 4.78 is 0. The number of aliphatic hydroxyl groups is 1. The number of aliphatic hydroxyl groups excluding tert-OH is 1. The third-order valence-corrected chi connectivity index (χ3v) is 1.94. The Morgan fingerprint density at radius 3 is 2.33 bits per heavy atom. The van der Waals surface area contributed by atoms with Gasteiger partial charge in [-0.2, -0.15) is 0 Å². The van der Waals surface area contributed by atoms with E-state index in [1.165, 1.54) is 6.92 Å². The van der Waals surface area contributed by atoms with E-state index in [1.807, 2.05) is 13.8 Å². The van der Waals surface area contributed by atoms with Gasteiger partial charge in [-0.15, -0.1) is 0 Å². The second-order valence-electron chi connectivity index (χ2n) is 3.79. The minimum absolute atomic E-state index is 0.0445. The summed E-state index contributed by atoms with van der Waals surface area (Å²) in [5, 5.41) is 13.8. The van der Waals surface area contributed by atoms with E-state index in [0.29, 0.717) is 13.0 Å². The Kier molecular flexibility index (Phi) is 6.70. The molecule has 5 heteroatoms.